The lowest BCUT2D eigenvalue weighted by Crippen LogP contribution is -2.14. The molecular weight excluding hydrogens is 246 g/mol. The van der Waals surface area contributed by atoms with Gasteiger partial charge >= 0.3 is 0 Å². The number of anilines is 1. The molecule has 2 rings (SSSR count). The molecule has 0 fully saturated rings. The maximum atomic E-state index is 13.3. The Morgan fingerprint density at radius 2 is 2.18 bits per heavy atom. The minimum Gasteiger partial charge on any atom is -0.298 e. The second-order valence-electron chi connectivity index (χ2n) is 3.35. The fraction of sp³-hybridized carbons (Fsp3) is 0.0909. The lowest BCUT2D eigenvalue weighted by atomic mass is 10.2. The first kappa shape index (κ1) is 11.7. The van der Waals surface area contributed by atoms with Crippen molar-refractivity contribution in [2.75, 3.05) is 5.32 Å². The van der Waals surface area contributed by atoms with E-state index >= 15 is 0 Å². The number of nitrogens with zero attached hydrogens (tertiary/aromatic N) is 1. The Morgan fingerprint density at radius 1 is 1.41 bits per heavy atom. The zero-order valence-electron chi connectivity index (χ0n) is 8.83. The van der Waals surface area contributed by atoms with Crippen molar-refractivity contribution in [1.82, 2.24) is 4.98 Å². The topological polar surface area (TPSA) is 42.0 Å². The quantitative estimate of drug-likeness (QED) is 0.895. The number of aromatic nitrogens is 1. The second kappa shape index (κ2) is 4.58. The minimum absolute atomic E-state index is 0.335. The van der Waals surface area contributed by atoms with Gasteiger partial charge in [-0.3, -0.25) is 10.1 Å². The molecule has 0 atom stereocenters. The molecule has 88 valence electrons. The number of hydrogen-bond donors (Lipinski definition) is 1. The molecule has 3 nitrogen and oxygen atoms in total. The molecule has 1 amide bonds. The van der Waals surface area contributed by atoms with Gasteiger partial charge in [0.25, 0.3) is 5.91 Å². The van der Waals surface area contributed by atoms with Crippen molar-refractivity contribution < 1.29 is 13.6 Å². The molecule has 1 heterocycles. The molecule has 0 bridgehead atoms. The third-order valence-electron chi connectivity index (χ3n) is 2.04. The third kappa shape index (κ3) is 2.47. The van der Waals surface area contributed by atoms with E-state index in [4.69, 9.17) is 0 Å². The van der Waals surface area contributed by atoms with Crippen LogP contribution in [-0.2, 0) is 0 Å². The first-order chi connectivity index (χ1) is 8.08. The maximum absolute atomic E-state index is 13.3. The van der Waals surface area contributed by atoms with Gasteiger partial charge in [-0.15, -0.1) is 11.3 Å². The molecule has 0 saturated heterocycles. The molecule has 0 radical (unpaired) electrons. The number of halogens is 2. The Bertz CT molecular complexity index is 568. The van der Waals surface area contributed by atoms with Crippen LogP contribution in [0.5, 0.6) is 0 Å². The van der Waals surface area contributed by atoms with E-state index < -0.39 is 17.5 Å². The minimum atomic E-state index is -1.15. The van der Waals surface area contributed by atoms with Gasteiger partial charge in [-0.25, -0.2) is 13.8 Å². The SMILES string of the molecule is Cc1csc(NC(=O)c2cccc(F)c2F)n1. The first-order valence-corrected chi connectivity index (χ1v) is 5.63. The summed E-state index contributed by atoms with van der Waals surface area (Å²) in [4.78, 5) is 15.6. The van der Waals surface area contributed by atoms with Crippen LogP contribution in [0.2, 0.25) is 0 Å². The van der Waals surface area contributed by atoms with Crippen LogP contribution in [0.3, 0.4) is 0 Å². The predicted molar refractivity (Wildman–Crippen MR) is 61.2 cm³/mol. The van der Waals surface area contributed by atoms with Crippen molar-refractivity contribution in [3.63, 3.8) is 0 Å². The van der Waals surface area contributed by atoms with Crippen LogP contribution in [0.15, 0.2) is 23.6 Å². The number of rotatable bonds is 2. The summed E-state index contributed by atoms with van der Waals surface area (Å²) in [6.07, 6.45) is 0. The van der Waals surface area contributed by atoms with Crippen LogP contribution in [0.4, 0.5) is 13.9 Å². The molecular formula is C11H8F2N2OS. The molecule has 1 aromatic carbocycles. The number of carbonyl (C=O) groups is 1. The van der Waals surface area contributed by atoms with Gasteiger partial charge < -0.3 is 0 Å². The van der Waals surface area contributed by atoms with Gasteiger partial charge in [-0.05, 0) is 19.1 Å². The molecule has 0 aliphatic carbocycles. The van der Waals surface area contributed by atoms with E-state index in [2.05, 4.69) is 10.3 Å². The highest BCUT2D eigenvalue weighted by Crippen LogP contribution is 2.17. The van der Waals surface area contributed by atoms with Crippen molar-refractivity contribution in [2.45, 2.75) is 6.92 Å². The average Bonchev–Trinajstić information content (AvgIpc) is 2.68. The third-order valence-corrected chi connectivity index (χ3v) is 2.91. The van der Waals surface area contributed by atoms with Crippen molar-refractivity contribution >= 4 is 22.4 Å². The monoisotopic (exact) mass is 254 g/mol. The standard InChI is InChI=1S/C11H8F2N2OS/c1-6-5-17-11(14-6)15-10(16)7-3-2-4-8(12)9(7)13/h2-5H,1H3,(H,14,15,16). The molecule has 0 aliphatic rings. The van der Waals surface area contributed by atoms with E-state index in [0.717, 1.165) is 11.8 Å². The van der Waals surface area contributed by atoms with Gasteiger partial charge in [0.05, 0.1) is 11.3 Å². The number of hydrogen-bond acceptors (Lipinski definition) is 3. The van der Waals surface area contributed by atoms with Crippen LogP contribution in [0.25, 0.3) is 0 Å². The molecule has 2 aromatic rings. The Hall–Kier alpha value is -1.82. The van der Waals surface area contributed by atoms with E-state index in [1.54, 1.807) is 12.3 Å². The summed E-state index contributed by atoms with van der Waals surface area (Å²) in [5, 5.41) is 4.51. The van der Waals surface area contributed by atoms with E-state index in [0.29, 0.717) is 5.13 Å². The summed E-state index contributed by atoms with van der Waals surface area (Å²) in [7, 11) is 0. The van der Waals surface area contributed by atoms with Crippen molar-refractivity contribution in [1.29, 1.82) is 0 Å². The van der Waals surface area contributed by atoms with Crippen LogP contribution in [-0.4, -0.2) is 10.9 Å². The van der Waals surface area contributed by atoms with Gasteiger partial charge in [0.15, 0.2) is 16.8 Å². The predicted octanol–water partition coefficient (Wildman–Crippen LogP) is 2.98. The highest BCUT2D eigenvalue weighted by atomic mass is 32.1. The van der Waals surface area contributed by atoms with E-state index in [1.807, 2.05) is 0 Å². The molecule has 6 heteroatoms. The zero-order chi connectivity index (χ0) is 12.4. The van der Waals surface area contributed by atoms with Gasteiger partial charge in [0.2, 0.25) is 0 Å². The van der Waals surface area contributed by atoms with Crippen LogP contribution >= 0.6 is 11.3 Å². The number of nitrogens with one attached hydrogen (secondary N) is 1. The molecule has 0 unspecified atom stereocenters. The number of thiazole rings is 1. The normalized spacial score (nSPS) is 10.3. The van der Waals surface area contributed by atoms with Gasteiger partial charge in [-0.1, -0.05) is 6.07 Å². The zero-order valence-corrected chi connectivity index (χ0v) is 9.65. The van der Waals surface area contributed by atoms with Crippen LogP contribution < -0.4 is 5.32 Å². The van der Waals surface area contributed by atoms with E-state index in [9.17, 15) is 13.6 Å². The van der Waals surface area contributed by atoms with E-state index in [1.165, 1.54) is 23.5 Å². The second-order valence-corrected chi connectivity index (χ2v) is 4.21. The summed E-state index contributed by atoms with van der Waals surface area (Å²) in [6.45, 7) is 1.77. The largest absolute Gasteiger partial charge is 0.298 e. The molecule has 1 N–H and O–H groups in total. The molecule has 0 saturated carbocycles. The fourth-order valence-corrected chi connectivity index (χ4v) is 1.94. The summed E-state index contributed by atoms with van der Waals surface area (Å²) >= 11 is 1.22. The van der Waals surface area contributed by atoms with Gasteiger partial charge in [0, 0.05) is 5.38 Å². The van der Waals surface area contributed by atoms with Crippen molar-refractivity contribution in [2.24, 2.45) is 0 Å². The van der Waals surface area contributed by atoms with Gasteiger partial charge in [0.1, 0.15) is 0 Å². The number of carbonyl (C=O) groups excluding carboxylic acids is 1. The Labute approximate surface area is 100 Å². The Kier molecular flexibility index (Phi) is 3.14. The summed E-state index contributed by atoms with van der Waals surface area (Å²) < 4.78 is 26.2. The maximum Gasteiger partial charge on any atom is 0.260 e. The molecule has 17 heavy (non-hydrogen) atoms. The summed E-state index contributed by atoms with van der Waals surface area (Å²) in [5.41, 5.74) is 0.419. The smallest absolute Gasteiger partial charge is 0.260 e. The molecule has 1 aromatic heterocycles. The lowest BCUT2D eigenvalue weighted by molar-refractivity contribution is 0.102. The van der Waals surface area contributed by atoms with Crippen molar-refractivity contribution in [3.05, 3.63) is 46.5 Å². The van der Waals surface area contributed by atoms with Crippen LogP contribution in [0, 0.1) is 18.6 Å². The summed E-state index contributed by atoms with van der Waals surface area (Å²) in [5.74, 6) is -2.91. The van der Waals surface area contributed by atoms with Crippen molar-refractivity contribution in [3.8, 4) is 0 Å². The van der Waals surface area contributed by atoms with Crippen LogP contribution in [0.1, 0.15) is 16.1 Å². The molecule has 0 aliphatic heterocycles. The summed E-state index contributed by atoms with van der Waals surface area (Å²) in [6, 6.07) is 3.45. The molecule has 0 spiro atoms. The highest BCUT2D eigenvalue weighted by molar-refractivity contribution is 7.13. The van der Waals surface area contributed by atoms with Gasteiger partial charge in [-0.2, -0.15) is 0 Å². The fourth-order valence-electron chi connectivity index (χ4n) is 1.26. The average molecular weight is 254 g/mol. The number of amides is 1. The highest BCUT2D eigenvalue weighted by Gasteiger charge is 2.15. The Balaban J connectivity index is 2.23. The number of benzene rings is 1. The lowest BCUT2D eigenvalue weighted by Gasteiger charge is -2.03. The van der Waals surface area contributed by atoms with E-state index in [-0.39, 0.29) is 5.56 Å². The Morgan fingerprint density at radius 3 is 2.82 bits per heavy atom. The first-order valence-electron chi connectivity index (χ1n) is 4.75. The number of aryl methyl sites for hydroxylation is 1.